The maximum atomic E-state index is 12.7. The Morgan fingerprint density at radius 1 is 1.11 bits per heavy atom. The molecule has 0 bridgehead atoms. The smallest absolute Gasteiger partial charge is 0.243 e. The molecule has 4 rings (SSSR count). The highest BCUT2D eigenvalue weighted by Crippen LogP contribution is 2.28. The molecule has 9 heteroatoms. The Kier molecular flexibility index (Phi) is 5.29. The second-order valence-electron chi connectivity index (χ2n) is 6.75. The minimum absolute atomic E-state index is 0.0694. The van der Waals surface area contributed by atoms with E-state index in [-0.39, 0.29) is 16.7 Å². The Hall–Kier alpha value is -2.49. The van der Waals surface area contributed by atoms with Crippen LogP contribution in [0.3, 0.4) is 0 Å². The molecule has 1 N–H and O–H groups in total. The fraction of sp³-hybridized carbons (Fsp3) is 0.368. The van der Waals surface area contributed by atoms with Gasteiger partial charge in [0.15, 0.2) is 0 Å². The van der Waals surface area contributed by atoms with Gasteiger partial charge in [0.2, 0.25) is 15.9 Å². The molecule has 2 aromatic rings. The molecule has 8 nitrogen and oxygen atoms in total. The lowest BCUT2D eigenvalue weighted by atomic mass is 10.2. The van der Waals surface area contributed by atoms with E-state index in [4.69, 9.17) is 9.15 Å². The largest absolute Gasteiger partial charge is 0.455 e. The summed E-state index contributed by atoms with van der Waals surface area (Å²) in [6.07, 6.45) is 3.29. The number of nitrogens with one attached hydrogen (secondary N) is 1. The van der Waals surface area contributed by atoms with Crippen LogP contribution >= 0.6 is 0 Å². The highest BCUT2D eigenvalue weighted by atomic mass is 32.2. The van der Waals surface area contributed by atoms with E-state index in [1.807, 2.05) is 0 Å². The van der Waals surface area contributed by atoms with Gasteiger partial charge in [0.25, 0.3) is 0 Å². The van der Waals surface area contributed by atoms with Crippen molar-refractivity contribution in [3.63, 3.8) is 0 Å². The van der Waals surface area contributed by atoms with Crippen molar-refractivity contribution in [2.75, 3.05) is 26.3 Å². The van der Waals surface area contributed by atoms with Gasteiger partial charge >= 0.3 is 0 Å². The summed E-state index contributed by atoms with van der Waals surface area (Å²) < 4.78 is 37.7. The summed E-state index contributed by atoms with van der Waals surface area (Å²) in [6.45, 7) is 1.55. The molecule has 0 radical (unpaired) electrons. The lowest BCUT2D eigenvalue weighted by Crippen LogP contribution is -2.40. The number of benzene rings is 1. The van der Waals surface area contributed by atoms with Crippen LogP contribution in [-0.2, 0) is 19.6 Å². The third-order valence-electron chi connectivity index (χ3n) is 4.69. The highest BCUT2D eigenvalue weighted by Gasteiger charge is 2.29. The van der Waals surface area contributed by atoms with Crippen molar-refractivity contribution in [1.82, 2.24) is 9.73 Å². The first-order valence-electron chi connectivity index (χ1n) is 9.15. The van der Waals surface area contributed by atoms with Gasteiger partial charge in [0.1, 0.15) is 11.5 Å². The lowest BCUT2D eigenvalue weighted by molar-refractivity contribution is -0.122. The number of hydrogen-bond acceptors (Lipinski definition) is 6. The zero-order valence-electron chi connectivity index (χ0n) is 15.2. The molecule has 148 valence electrons. The number of nitrogens with zero attached hydrogens (tertiary/aromatic N) is 2. The first-order valence-corrected chi connectivity index (χ1v) is 10.6. The third-order valence-corrected chi connectivity index (χ3v) is 6.60. The Labute approximate surface area is 163 Å². The van der Waals surface area contributed by atoms with Crippen molar-refractivity contribution in [3.05, 3.63) is 42.2 Å². The van der Waals surface area contributed by atoms with Gasteiger partial charge in [-0.25, -0.2) is 13.8 Å². The maximum Gasteiger partial charge on any atom is 0.243 e. The van der Waals surface area contributed by atoms with Gasteiger partial charge < -0.3 is 9.15 Å². The van der Waals surface area contributed by atoms with Crippen molar-refractivity contribution in [3.8, 4) is 11.3 Å². The van der Waals surface area contributed by atoms with Crippen LogP contribution < -0.4 is 5.43 Å². The van der Waals surface area contributed by atoms with Crippen LogP contribution in [0.15, 0.2) is 50.8 Å². The third kappa shape index (κ3) is 4.16. The number of hydrogen-bond donors (Lipinski definition) is 1. The van der Waals surface area contributed by atoms with Gasteiger partial charge in [-0.2, -0.15) is 9.41 Å². The summed E-state index contributed by atoms with van der Waals surface area (Å²) in [5.41, 5.74) is 3.24. The SMILES string of the molecule is O=C(N/N=C\c1ccc(-c2ccc(S(=O)(=O)N3CCOCC3)cc2)o1)C1CC1. The fourth-order valence-electron chi connectivity index (χ4n) is 2.90. The summed E-state index contributed by atoms with van der Waals surface area (Å²) in [5, 5.41) is 3.89. The van der Waals surface area contributed by atoms with Crippen molar-refractivity contribution in [2.24, 2.45) is 11.0 Å². The zero-order valence-corrected chi connectivity index (χ0v) is 16.0. The van der Waals surface area contributed by atoms with Crippen molar-refractivity contribution < 1.29 is 22.4 Å². The minimum Gasteiger partial charge on any atom is -0.455 e. The van der Waals surface area contributed by atoms with Gasteiger partial charge in [-0.3, -0.25) is 4.79 Å². The van der Waals surface area contributed by atoms with Crippen LogP contribution in [0.1, 0.15) is 18.6 Å². The average molecular weight is 403 g/mol. The summed E-state index contributed by atoms with van der Waals surface area (Å²) in [5.74, 6) is 1.11. The van der Waals surface area contributed by atoms with Gasteiger partial charge in [-0.05, 0) is 49.2 Å². The van der Waals surface area contributed by atoms with E-state index in [2.05, 4.69) is 10.5 Å². The Balaban J connectivity index is 1.43. The van der Waals surface area contributed by atoms with E-state index in [9.17, 15) is 13.2 Å². The number of furan rings is 1. The number of hydrazone groups is 1. The van der Waals surface area contributed by atoms with Crippen molar-refractivity contribution in [1.29, 1.82) is 0 Å². The quantitative estimate of drug-likeness (QED) is 0.586. The van der Waals surface area contributed by atoms with Crippen LogP contribution in [0.4, 0.5) is 0 Å². The molecule has 1 saturated carbocycles. The predicted octanol–water partition coefficient (Wildman–Crippen LogP) is 1.83. The lowest BCUT2D eigenvalue weighted by Gasteiger charge is -2.26. The number of amides is 1. The molecule has 1 aliphatic carbocycles. The number of rotatable bonds is 6. The molecule has 1 aliphatic heterocycles. The zero-order chi connectivity index (χ0) is 19.6. The van der Waals surface area contributed by atoms with Crippen molar-refractivity contribution in [2.45, 2.75) is 17.7 Å². The summed E-state index contributed by atoms with van der Waals surface area (Å²) >= 11 is 0. The van der Waals surface area contributed by atoms with Crippen LogP contribution in [0.5, 0.6) is 0 Å². The molecule has 2 aliphatic rings. The summed E-state index contributed by atoms with van der Waals surface area (Å²) in [7, 11) is -3.52. The van der Waals surface area contributed by atoms with Crippen LogP contribution in [0, 0.1) is 5.92 Å². The number of morpholine rings is 1. The van der Waals surface area contributed by atoms with Crippen LogP contribution in [0.25, 0.3) is 11.3 Å². The second kappa shape index (κ2) is 7.86. The molecule has 0 spiro atoms. The number of carbonyl (C=O) groups excluding carboxylic acids is 1. The Bertz CT molecular complexity index is 971. The predicted molar refractivity (Wildman–Crippen MR) is 102 cm³/mol. The molecule has 2 fully saturated rings. The fourth-order valence-corrected chi connectivity index (χ4v) is 4.31. The number of carbonyl (C=O) groups is 1. The number of ether oxygens (including phenoxy) is 1. The molecule has 1 aromatic carbocycles. The van der Waals surface area contributed by atoms with E-state index in [0.29, 0.717) is 37.8 Å². The summed E-state index contributed by atoms with van der Waals surface area (Å²) in [6, 6.07) is 10.1. The van der Waals surface area contributed by atoms with Gasteiger partial charge in [0, 0.05) is 24.6 Å². The van der Waals surface area contributed by atoms with E-state index in [1.165, 1.54) is 10.5 Å². The first-order chi connectivity index (χ1) is 13.5. The molecule has 1 saturated heterocycles. The molecule has 1 amide bonds. The van der Waals surface area contributed by atoms with E-state index in [0.717, 1.165) is 18.4 Å². The molecular formula is C19H21N3O5S. The first kappa shape index (κ1) is 18.9. The molecule has 0 unspecified atom stereocenters. The second-order valence-corrected chi connectivity index (χ2v) is 8.69. The van der Waals surface area contributed by atoms with Gasteiger partial charge in [-0.1, -0.05) is 0 Å². The molecule has 1 aromatic heterocycles. The van der Waals surface area contributed by atoms with Crippen LogP contribution in [0.2, 0.25) is 0 Å². The maximum absolute atomic E-state index is 12.7. The monoisotopic (exact) mass is 403 g/mol. The van der Waals surface area contributed by atoms with Gasteiger partial charge in [0.05, 0.1) is 24.3 Å². The molecule has 28 heavy (non-hydrogen) atoms. The molecular weight excluding hydrogens is 382 g/mol. The van der Waals surface area contributed by atoms with Gasteiger partial charge in [-0.15, -0.1) is 0 Å². The molecule has 2 heterocycles. The topological polar surface area (TPSA) is 101 Å². The van der Waals surface area contributed by atoms with E-state index in [1.54, 1.807) is 36.4 Å². The molecule has 0 atom stereocenters. The Morgan fingerprint density at radius 2 is 1.82 bits per heavy atom. The average Bonchev–Trinajstić information content (AvgIpc) is 3.47. The minimum atomic E-state index is -3.52. The Morgan fingerprint density at radius 3 is 2.50 bits per heavy atom. The van der Waals surface area contributed by atoms with Crippen molar-refractivity contribution >= 4 is 22.1 Å². The standard InChI is InChI=1S/C19H21N3O5S/c23-19(15-1-2-15)21-20-13-16-5-8-18(27-16)14-3-6-17(7-4-14)28(24,25)22-9-11-26-12-10-22/h3-8,13,15H,1-2,9-12H2,(H,21,23)/b20-13-. The van der Waals surface area contributed by atoms with E-state index < -0.39 is 10.0 Å². The number of sulfonamides is 1. The highest BCUT2D eigenvalue weighted by molar-refractivity contribution is 7.89. The van der Waals surface area contributed by atoms with E-state index >= 15 is 0 Å². The normalized spacial score (nSPS) is 18.4. The van der Waals surface area contributed by atoms with Crippen LogP contribution in [-0.4, -0.2) is 51.1 Å². The summed E-state index contributed by atoms with van der Waals surface area (Å²) in [4.78, 5) is 11.8.